The van der Waals surface area contributed by atoms with Gasteiger partial charge in [-0.3, -0.25) is 4.79 Å². The molecule has 0 radical (unpaired) electrons. The second kappa shape index (κ2) is 7.48. The average Bonchev–Trinajstić information content (AvgIpc) is 2.97. The topological polar surface area (TPSA) is 59.5 Å². The lowest BCUT2D eigenvalue weighted by Crippen LogP contribution is -2.42. The zero-order valence-electron chi connectivity index (χ0n) is 12.4. The first-order valence-electron chi connectivity index (χ1n) is 7.85. The summed E-state index contributed by atoms with van der Waals surface area (Å²) in [6.45, 7) is 3.40. The Morgan fingerprint density at radius 1 is 1.40 bits per heavy atom. The molecule has 1 aliphatic rings. The highest BCUT2D eigenvalue weighted by Gasteiger charge is 2.27. The normalized spacial score (nSPS) is 16.3. The molecule has 1 aliphatic carbocycles. The lowest BCUT2D eigenvalue weighted by molar-refractivity contribution is 0.0630. The fourth-order valence-corrected chi connectivity index (χ4v) is 3.06. The number of carbonyl (C=O) groups is 1. The molecule has 2 N–H and O–H groups in total. The maximum atomic E-state index is 12.8. The third kappa shape index (κ3) is 3.42. The summed E-state index contributed by atoms with van der Waals surface area (Å²) in [6.07, 6.45) is 9.22. The molecule has 2 rings (SSSR count). The summed E-state index contributed by atoms with van der Waals surface area (Å²) in [6, 6.07) is 2.18. The number of nitrogens with zero attached hydrogens (tertiary/aromatic N) is 1. The molecular weight excluding hydrogens is 252 g/mol. The van der Waals surface area contributed by atoms with Crippen molar-refractivity contribution in [3.8, 4) is 0 Å². The zero-order chi connectivity index (χ0) is 14.4. The van der Waals surface area contributed by atoms with Gasteiger partial charge in [-0.25, -0.2) is 0 Å². The van der Waals surface area contributed by atoms with Gasteiger partial charge >= 0.3 is 0 Å². The van der Waals surface area contributed by atoms with Crippen molar-refractivity contribution in [2.24, 2.45) is 5.73 Å². The highest BCUT2D eigenvalue weighted by atomic mass is 16.3. The predicted octanol–water partition coefficient (Wildman–Crippen LogP) is 2.97. The second-order valence-electron chi connectivity index (χ2n) is 5.54. The van der Waals surface area contributed by atoms with Crippen LogP contribution in [0.5, 0.6) is 0 Å². The summed E-state index contributed by atoms with van der Waals surface area (Å²) in [4.78, 5) is 14.9. The van der Waals surface area contributed by atoms with Crippen LogP contribution in [0, 0.1) is 0 Å². The average molecular weight is 278 g/mol. The zero-order valence-corrected chi connectivity index (χ0v) is 12.4. The standard InChI is InChI=1S/C16H26N2O2/c1-2-15-14(9-12-20-15)16(19)18(11-6-10-17)13-7-4-3-5-8-13/h9,12-13H,2-8,10-11,17H2,1H3. The molecule has 0 aromatic carbocycles. The lowest BCUT2D eigenvalue weighted by atomic mass is 9.93. The van der Waals surface area contributed by atoms with Gasteiger partial charge < -0.3 is 15.1 Å². The fraction of sp³-hybridized carbons (Fsp3) is 0.688. The van der Waals surface area contributed by atoms with E-state index >= 15 is 0 Å². The Kier molecular flexibility index (Phi) is 5.65. The van der Waals surface area contributed by atoms with Gasteiger partial charge in [0, 0.05) is 19.0 Å². The van der Waals surface area contributed by atoms with E-state index in [1.807, 2.05) is 11.8 Å². The number of hydrogen-bond acceptors (Lipinski definition) is 3. The van der Waals surface area contributed by atoms with Crippen LogP contribution < -0.4 is 5.73 Å². The van der Waals surface area contributed by atoms with E-state index in [0.29, 0.717) is 12.6 Å². The molecule has 1 saturated carbocycles. The van der Waals surface area contributed by atoms with Crippen LogP contribution >= 0.6 is 0 Å². The molecule has 0 bridgehead atoms. The second-order valence-corrected chi connectivity index (χ2v) is 5.54. The van der Waals surface area contributed by atoms with Crippen LogP contribution in [0.2, 0.25) is 0 Å². The van der Waals surface area contributed by atoms with E-state index < -0.39 is 0 Å². The van der Waals surface area contributed by atoms with Gasteiger partial charge in [-0.15, -0.1) is 0 Å². The van der Waals surface area contributed by atoms with Crippen LogP contribution in [0.3, 0.4) is 0 Å². The van der Waals surface area contributed by atoms with Crippen molar-refractivity contribution in [3.63, 3.8) is 0 Å². The molecule has 0 spiro atoms. The van der Waals surface area contributed by atoms with Gasteiger partial charge in [0.1, 0.15) is 5.76 Å². The van der Waals surface area contributed by atoms with Crippen molar-refractivity contribution in [2.45, 2.75) is 57.9 Å². The predicted molar refractivity (Wildman–Crippen MR) is 79.7 cm³/mol. The van der Waals surface area contributed by atoms with Crippen LogP contribution in [-0.2, 0) is 6.42 Å². The maximum Gasteiger partial charge on any atom is 0.257 e. The number of aryl methyl sites for hydroxylation is 1. The van der Waals surface area contributed by atoms with Crippen molar-refractivity contribution >= 4 is 5.91 Å². The van der Waals surface area contributed by atoms with Gasteiger partial charge in [0.05, 0.1) is 11.8 Å². The minimum atomic E-state index is 0.121. The molecule has 4 heteroatoms. The summed E-state index contributed by atoms with van der Waals surface area (Å²) in [5, 5.41) is 0. The fourth-order valence-electron chi connectivity index (χ4n) is 3.06. The molecule has 1 amide bonds. The molecule has 0 saturated heterocycles. The quantitative estimate of drug-likeness (QED) is 0.870. The molecule has 4 nitrogen and oxygen atoms in total. The van der Waals surface area contributed by atoms with E-state index in [2.05, 4.69) is 0 Å². The summed E-state index contributed by atoms with van der Waals surface area (Å²) in [5.74, 6) is 0.916. The molecule has 20 heavy (non-hydrogen) atoms. The first-order chi connectivity index (χ1) is 9.77. The Hall–Kier alpha value is -1.29. The molecule has 1 aromatic heterocycles. The summed E-state index contributed by atoms with van der Waals surface area (Å²) < 4.78 is 5.40. The highest BCUT2D eigenvalue weighted by molar-refractivity contribution is 5.95. The van der Waals surface area contributed by atoms with Gasteiger partial charge in [-0.2, -0.15) is 0 Å². The van der Waals surface area contributed by atoms with Crippen LogP contribution in [0.15, 0.2) is 16.7 Å². The number of carbonyl (C=O) groups excluding carboxylic acids is 1. The van der Waals surface area contributed by atoms with Gasteiger partial charge in [0.15, 0.2) is 0 Å². The molecule has 0 atom stereocenters. The number of rotatable bonds is 6. The summed E-state index contributed by atoms with van der Waals surface area (Å²) in [7, 11) is 0. The van der Waals surface area contributed by atoms with E-state index in [-0.39, 0.29) is 5.91 Å². The Bertz CT molecular complexity index is 422. The Morgan fingerprint density at radius 3 is 2.80 bits per heavy atom. The molecule has 1 fully saturated rings. The van der Waals surface area contributed by atoms with E-state index in [0.717, 1.165) is 43.6 Å². The van der Waals surface area contributed by atoms with Crippen LogP contribution in [0.25, 0.3) is 0 Å². The minimum absolute atomic E-state index is 0.121. The third-order valence-electron chi connectivity index (χ3n) is 4.18. The van der Waals surface area contributed by atoms with Crippen molar-refractivity contribution in [1.29, 1.82) is 0 Å². The van der Waals surface area contributed by atoms with Gasteiger partial charge in [-0.05, 0) is 31.9 Å². The minimum Gasteiger partial charge on any atom is -0.469 e. The van der Waals surface area contributed by atoms with Crippen LogP contribution in [-0.4, -0.2) is 29.9 Å². The van der Waals surface area contributed by atoms with E-state index in [9.17, 15) is 4.79 Å². The maximum absolute atomic E-state index is 12.8. The Balaban J connectivity index is 2.14. The summed E-state index contributed by atoms with van der Waals surface area (Å²) in [5.41, 5.74) is 6.36. The van der Waals surface area contributed by atoms with Crippen molar-refractivity contribution < 1.29 is 9.21 Å². The molecular formula is C16H26N2O2. The van der Waals surface area contributed by atoms with Crippen molar-refractivity contribution in [1.82, 2.24) is 4.90 Å². The van der Waals surface area contributed by atoms with E-state index in [4.69, 9.17) is 10.2 Å². The Labute approximate surface area is 121 Å². The molecule has 1 heterocycles. The first kappa shape index (κ1) is 15.1. The van der Waals surface area contributed by atoms with Gasteiger partial charge in [-0.1, -0.05) is 26.2 Å². The van der Waals surface area contributed by atoms with Gasteiger partial charge in [0.2, 0.25) is 0 Å². The number of nitrogens with two attached hydrogens (primary N) is 1. The number of amides is 1. The molecule has 112 valence electrons. The van der Waals surface area contributed by atoms with E-state index in [1.165, 1.54) is 19.3 Å². The monoisotopic (exact) mass is 278 g/mol. The molecule has 0 unspecified atom stereocenters. The summed E-state index contributed by atoms with van der Waals surface area (Å²) >= 11 is 0. The van der Waals surface area contributed by atoms with Gasteiger partial charge in [0.25, 0.3) is 5.91 Å². The SMILES string of the molecule is CCc1occc1C(=O)N(CCCN)C1CCCCC1. The van der Waals surface area contributed by atoms with Crippen molar-refractivity contribution in [3.05, 3.63) is 23.7 Å². The van der Waals surface area contributed by atoms with Crippen LogP contribution in [0.4, 0.5) is 0 Å². The van der Waals surface area contributed by atoms with E-state index in [1.54, 1.807) is 12.3 Å². The molecule has 0 aliphatic heterocycles. The largest absolute Gasteiger partial charge is 0.469 e. The number of hydrogen-bond donors (Lipinski definition) is 1. The third-order valence-corrected chi connectivity index (χ3v) is 4.18. The van der Waals surface area contributed by atoms with Crippen LogP contribution in [0.1, 0.15) is 61.6 Å². The number of furan rings is 1. The first-order valence-corrected chi connectivity index (χ1v) is 7.85. The lowest BCUT2D eigenvalue weighted by Gasteiger charge is -2.34. The smallest absolute Gasteiger partial charge is 0.257 e. The highest BCUT2D eigenvalue weighted by Crippen LogP contribution is 2.25. The Morgan fingerprint density at radius 2 is 2.15 bits per heavy atom. The van der Waals surface area contributed by atoms with Crippen molar-refractivity contribution in [2.75, 3.05) is 13.1 Å². The molecule has 1 aromatic rings.